The predicted molar refractivity (Wildman–Crippen MR) is 67.0 cm³/mol. The predicted octanol–water partition coefficient (Wildman–Crippen LogP) is 0.722. The van der Waals surface area contributed by atoms with Crippen molar-refractivity contribution in [2.75, 3.05) is 26.4 Å². The number of benzene rings is 1. The first kappa shape index (κ1) is 13.8. The summed E-state index contributed by atoms with van der Waals surface area (Å²) in [5.41, 5.74) is 0. The zero-order chi connectivity index (χ0) is 13.2. The highest BCUT2D eigenvalue weighted by atomic mass is 35.5. The van der Waals surface area contributed by atoms with Gasteiger partial charge in [0.2, 0.25) is 10.0 Å². The van der Waals surface area contributed by atoms with Gasteiger partial charge in [0, 0.05) is 11.6 Å². The molecule has 1 unspecified atom stereocenters. The van der Waals surface area contributed by atoms with Gasteiger partial charge in [-0.15, -0.1) is 0 Å². The molecule has 1 aromatic rings. The number of ether oxygens (including phenoxy) is 1. The third-order valence-electron chi connectivity index (χ3n) is 2.80. The Morgan fingerprint density at radius 2 is 2.06 bits per heavy atom. The molecule has 0 saturated carbocycles. The van der Waals surface area contributed by atoms with Crippen LogP contribution < -0.4 is 0 Å². The van der Waals surface area contributed by atoms with Gasteiger partial charge in [-0.2, -0.15) is 4.31 Å². The minimum absolute atomic E-state index is 0.173. The zero-order valence-electron chi connectivity index (χ0n) is 9.62. The van der Waals surface area contributed by atoms with Gasteiger partial charge in [-0.05, 0) is 24.3 Å². The molecule has 1 aromatic carbocycles. The van der Waals surface area contributed by atoms with Crippen LogP contribution in [0.15, 0.2) is 29.2 Å². The lowest BCUT2D eigenvalue weighted by Gasteiger charge is -2.33. The summed E-state index contributed by atoms with van der Waals surface area (Å²) in [5.74, 6) is 0. The summed E-state index contributed by atoms with van der Waals surface area (Å²) in [6, 6.07) is 5.45. The van der Waals surface area contributed by atoms with Crippen LogP contribution in [0.5, 0.6) is 0 Å². The first-order chi connectivity index (χ1) is 8.55. The highest BCUT2D eigenvalue weighted by Crippen LogP contribution is 2.21. The lowest BCUT2D eigenvalue weighted by Crippen LogP contribution is -2.50. The number of rotatable bonds is 3. The van der Waals surface area contributed by atoms with Crippen molar-refractivity contribution in [3.8, 4) is 0 Å². The van der Waals surface area contributed by atoms with Crippen molar-refractivity contribution in [3.63, 3.8) is 0 Å². The quantitative estimate of drug-likeness (QED) is 0.891. The fraction of sp³-hybridized carbons (Fsp3) is 0.455. The second-order valence-electron chi connectivity index (χ2n) is 3.98. The van der Waals surface area contributed by atoms with Crippen molar-refractivity contribution in [2.45, 2.75) is 10.9 Å². The van der Waals surface area contributed by atoms with E-state index in [1.54, 1.807) is 0 Å². The van der Waals surface area contributed by atoms with Crippen LogP contribution in [0.3, 0.4) is 0 Å². The molecule has 1 fully saturated rings. The second-order valence-corrected chi connectivity index (χ2v) is 6.31. The molecule has 0 spiro atoms. The number of hydrogen-bond acceptors (Lipinski definition) is 4. The minimum atomic E-state index is -3.61. The molecule has 0 aliphatic carbocycles. The Hall–Kier alpha value is -0.660. The van der Waals surface area contributed by atoms with Crippen LogP contribution in [0.2, 0.25) is 5.02 Å². The summed E-state index contributed by atoms with van der Waals surface area (Å²) in [7, 11) is -3.61. The Labute approximate surface area is 111 Å². The smallest absolute Gasteiger partial charge is 0.243 e. The van der Waals surface area contributed by atoms with E-state index in [1.165, 1.54) is 28.6 Å². The van der Waals surface area contributed by atoms with E-state index >= 15 is 0 Å². The summed E-state index contributed by atoms with van der Waals surface area (Å²) in [4.78, 5) is 0.173. The normalized spacial score (nSPS) is 22.0. The Morgan fingerprint density at radius 3 is 2.67 bits per heavy atom. The maximum absolute atomic E-state index is 12.4. The van der Waals surface area contributed by atoms with E-state index in [0.717, 1.165) is 0 Å². The molecule has 1 atom stereocenters. The molecule has 7 heteroatoms. The van der Waals surface area contributed by atoms with Crippen molar-refractivity contribution in [1.82, 2.24) is 4.31 Å². The monoisotopic (exact) mass is 291 g/mol. The van der Waals surface area contributed by atoms with Gasteiger partial charge in [0.1, 0.15) is 0 Å². The third-order valence-corrected chi connectivity index (χ3v) is 5.02. The van der Waals surface area contributed by atoms with Crippen molar-refractivity contribution in [1.29, 1.82) is 0 Å². The highest BCUT2D eigenvalue weighted by molar-refractivity contribution is 7.89. The Balaban J connectivity index is 2.32. The largest absolute Gasteiger partial charge is 0.395 e. The Kier molecular flexibility index (Phi) is 4.24. The average Bonchev–Trinajstić information content (AvgIpc) is 2.39. The van der Waals surface area contributed by atoms with Crippen LogP contribution in [0.25, 0.3) is 0 Å². The zero-order valence-corrected chi connectivity index (χ0v) is 11.2. The molecule has 5 nitrogen and oxygen atoms in total. The van der Waals surface area contributed by atoms with Gasteiger partial charge in [-0.3, -0.25) is 0 Å². The molecular formula is C11H14ClNO4S. The first-order valence-electron chi connectivity index (χ1n) is 5.51. The molecule has 0 radical (unpaired) electrons. The van der Waals surface area contributed by atoms with E-state index in [4.69, 9.17) is 16.3 Å². The van der Waals surface area contributed by atoms with E-state index in [1.807, 2.05) is 0 Å². The Morgan fingerprint density at radius 1 is 1.39 bits per heavy atom. The fourth-order valence-corrected chi connectivity index (χ4v) is 3.55. The third kappa shape index (κ3) is 2.67. The van der Waals surface area contributed by atoms with Gasteiger partial charge >= 0.3 is 0 Å². The van der Waals surface area contributed by atoms with Gasteiger partial charge in [0.05, 0.1) is 30.8 Å². The number of halogens is 1. The van der Waals surface area contributed by atoms with E-state index < -0.39 is 16.1 Å². The molecule has 0 bridgehead atoms. The first-order valence-corrected chi connectivity index (χ1v) is 7.33. The van der Waals surface area contributed by atoms with Gasteiger partial charge < -0.3 is 9.84 Å². The number of aliphatic hydroxyl groups excluding tert-OH is 1. The van der Waals surface area contributed by atoms with Crippen LogP contribution >= 0.6 is 11.6 Å². The lowest BCUT2D eigenvalue weighted by atomic mass is 10.3. The summed E-state index contributed by atoms with van der Waals surface area (Å²) in [5, 5.41) is 9.69. The van der Waals surface area contributed by atoms with Gasteiger partial charge in [-0.25, -0.2) is 8.42 Å². The van der Waals surface area contributed by atoms with Crippen molar-refractivity contribution in [2.24, 2.45) is 0 Å². The highest BCUT2D eigenvalue weighted by Gasteiger charge is 2.33. The molecule has 1 N–H and O–H groups in total. The van der Waals surface area contributed by atoms with Crippen molar-refractivity contribution in [3.05, 3.63) is 29.3 Å². The molecule has 2 rings (SSSR count). The number of morpholine rings is 1. The van der Waals surface area contributed by atoms with E-state index in [0.29, 0.717) is 11.6 Å². The SMILES string of the molecule is O=S(=O)(c1ccc(Cl)cc1)N1CCOCC1CO. The summed E-state index contributed by atoms with van der Waals surface area (Å²) in [6.45, 7) is 0.537. The number of aliphatic hydroxyl groups is 1. The summed E-state index contributed by atoms with van der Waals surface area (Å²) >= 11 is 5.74. The van der Waals surface area contributed by atoms with E-state index in [2.05, 4.69) is 0 Å². The molecule has 1 saturated heterocycles. The molecule has 1 aliphatic rings. The van der Waals surface area contributed by atoms with Gasteiger partial charge in [-0.1, -0.05) is 11.6 Å². The van der Waals surface area contributed by atoms with E-state index in [-0.39, 0.29) is 24.7 Å². The molecular weight excluding hydrogens is 278 g/mol. The van der Waals surface area contributed by atoms with Gasteiger partial charge in [0.15, 0.2) is 0 Å². The van der Waals surface area contributed by atoms with Crippen LogP contribution in [-0.2, 0) is 14.8 Å². The molecule has 0 aromatic heterocycles. The molecule has 1 heterocycles. The van der Waals surface area contributed by atoms with E-state index in [9.17, 15) is 13.5 Å². The molecule has 1 aliphatic heterocycles. The van der Waals surface area contributed by atoms with Gasteiger partial charge in [0.25, 0.3) is 0 Å². The standard InChI is InChI=1S/C11H14ClNO4S/c12-9-1-3-11(4-2-9)18(15,16)13-5-6-17-8-10(13)7-14/h1-4,10,14H,5-8H2. The van der Waals surface area contributed by atoms with Crippen molar-refractivity contribution < 1.29 is 18.3 Å². The summed E-state index contributed by atoms with van der Waals surface area (Å²) < 4.78 is 31.2. The molecule has 100 valence electrons. The molecule has 0 amide bonds. The van der Waals surface area contributed by atoms with Crippen LogP contribution in [0.1, 0.15) is 0 Å². The number of hydrogen-bond donors (Lipinski definition) is 1. The van der Waals surface area contributed by atoms with Crippen LogP contribution in [0, 0.1) is 0 Å². The maximum Gasteiger partial charge on any atom is 0.243 e. The second kappa shape index (κ2) is 5.54. The Bertz CT molecular complexity index is 502. The lowest BCUT2D eigenvalue weighted by molar-refractivity contribution is 0.0109. The average molecular weight is 292 g/mol. The van der Waals surface area contributed by atoms with Crippen LogP contribution in [-0.4, -0.2) is 50.2 Å². The van der Waals surface area contributed by atoms with Crippen molar-refractivity contribution >= 4 is 21.6 Å². The number of nitrogens with zero attached hydrogens (tertiary/aromatic N) is 1. The fourth-order valence-electron chi connectivity index (χ4n) is 1.84. The number of sulfonamides is 1. The van der Waals surface area contributed by atoms with Crippen LogP contribution in [0.4, 0.5) is 0 Å². The maximum atomic E-state index is 12.4. The molecule has 18 heavy (non-hydrogen) atoms. The topological polar surface area (TPSA) is 66.8 Å². The minimum Gasteiger partial charge on any atom is -0.395 e. The summed E-state index contributed by atoms with van der Waals surface area (Å²) in [6.07, 6.45) is 0.